The van der Waals surface area contributed by atoms with Crippen LogP contribution in [0.4, 0.5) is 4.39 Å². The fraction of sp³-hybridized carbons (Fsp3) is 0.438. The van der Waals surface area contributed by atoms with E-state index >= 15 is 0 Å². The monoisotopic (exact) mass is 382 g/mol. The Morgan fingerprint density at radius 2 is 2.04 bits per heavy atom. The molecule has 26 heavy (non-hydrogen) atoms. The van der Waals surface area contributed by atoms with Crippen molar-refractivity contribution in [2.24, 2.45) is 0 Å². The molecule has 1 aromatic carbocycles. The summed E-state index contributed by atoms with van der Waals surface area (Å²) >= 11 is 0. The molecule has 1 fully saturated rings. The number of halogens is 1. The molecule has 1 atom stereocenters. The van der Waals surface area contributed by atoms with Gasteiger partial charge in [-0.3, -0.25) is 0 Å². The van der Waals surface area contributed by atoms with Crippen LogP contribution in [0.1, 0.15) is 34.9 Å². The van der Waals surface area contributed by atoms with Crippen molar-refractivity contribution in [2.45, 2.75) is 25.3 Å². The minimum Gasteiger partial charge on any atom is -0.476 e. The molecule has 1 aliphatic rings. The smallest absolute Gasteiger partial charge is 0.358 e. The molecule has 10 heteroatoms. The van der Waals surface area contributed by atoms with E-state index < -0.39 is 16.0 Å². The Balaban J connectivity index is 1.65. The molecule has 0 amide bonds. The summed E-state index contributed by atoms with van der Waals surface area (Å²) in [6.07, 6.45) is 2.98. The normalized spacial score (nSPS) is 18.7. The van der Waals surface area contributed by atoms with E-state index in [-0.39, 0.29) is 29.9 Å². The van der Waals surface area contributed by atoms with E-state index in [1.807, 2.05) is 0 Å². The maximum atomic E-state index is 12.9. The fourth-order valence-corrected chi connectivity index (χ4v) is 4.53. The number of nitrogens with zero attached hydrogens (tertiary/aromatic N) is 4. The number of hydrogen-bond acceptors (Lipinski definition) is 5. The topological polar surface area (TPSA) is 105 Å². The van der Waals surface area contributed by atoms with Crippen LogP contribution in [0.3, 0.4) is 0 Å². The number of rotatable bonds is 6. The number of carbonyl (C=O) groups is 1. The summed E-state index contributed by atoms with van der Waals surface area (Å²) in [5, 5.41) is 16.3. The van der Waals surface area contributed by atoms with Gasteiger partial charge in [-0.05, 0) is 37.0 Å². The molecular weight excluding hydrogens is 363 g/mol. The summed E-state index contributed by atoms with van der Waals surface area (Å²) in [6.45, 7) is 0.650. The second kappa shape index (κ2) is 7.50. The highest BCUT2D eigenvalue weighted by molar-refractivity contribution is 7.89. The molecular formula is C16H19FN4O4S. The van der Waals surface area contributed by atoms with Gasteiger partial charge in [0.15, 0.2) is 5.69 Å². The SMILES string of the molecule is O=C(O)c1cn(C2CCCN(S(=O)(=O)CCc3ccc(F)cc3)C2)nn1. The predicted molar refractivity (Wildman–Crippen MR) is 90.7 cm³/mol. The summed E-state index contributed by atoms with van der Waals surface area (Å²) in [4.78, 5) is 10.9. The molecule has 140 valence electrons. The molecule has 3 rings (SSSR count). The van der Waals surface area contributed by atoms with Crippen LogP contribution in [0.15, 0.2) is 30.5 Å². The zero-order chi connectivity index (χ0) is 18.7. The lowest BCUT2D eigenvalue weighted by molar-refractivity contribution is 0.0690. The lowest BCUT2D eigenvalue weighted by atomic mass is 10.1. The number of carboxylic acid groups (broad SMARTS) is 1. The molecule has 0 aliphatic carbocycles. The largest absolute Gasteiger partial charge is 0.476 e. The average molecular weight is 382 g/mol. The van der Waals surface area contributed by atoms with Crippen molar-refractivity contribution in [3.05, 3.63) is 47.5 Å². The summed E-state index contributed by atoms with van der Waals surface area (Å²) in [5.74, 6) is -1.59. The lowest BCUT2D eigenvalue weighted by Gasteiger charge is -2.31. The summed E-state index contributed by atoms with van der Waals surface area (Å²) in [7, 11) is -3.48. The number of piperidine rings is 1. The third-order valence-corrected chi connectivity index (χ3v) is 6.26. The number of aromatic nitrogens is 3. The maximum Gasteiger partial charge on any atom is 0.358 e. The first-order chi connectivity index (χ1) is 12.3. The molecule has 1 saturated heterocycles. The molecule has 8 nitrogen and oxygen atoms in total. The van der Waals surface area contributed by atoms with E-state index in [0.29, 0.717) is 25.8 Å². The molecule has 1 aromatic heterocycles. The third-order valence-electron chi connectivity index (χ3n) is 4.42. The van der Waals surface area contributed by atoms with Crippen LogP contribution in [0.25, 0.3) is 0 Å². The van der Waals surface area contributed by atoms with Crippen molar-refractivity contribution in [3.8, 4) is 0 Å². The second-order valence-electron chi connectivity index (χ2n) is 6.24. The highest BCUT2D eigenvalue weighted by atomic mass is 32.2. The predicted octanol–water partition coefficient (Wildman–Crippen LogP) is 1.32. The molecule has 0 radical (unpaired) electrons. The van der Waals surface area contributed by atoms with Gasteiger partial charge in [-0.1, -0.05) is 17.3 Å². The molecule has 0 spiro atoms. The van der Waals surface area contributed by atoms with Crippen LogP contribution < -0.4 is 0 Å². The molecule has 0 saturated carbocycles. The van der Waals surface area contributed by atoms with Crippen LogP contribution in [-0.4, -0.2) is 57.6 Å². The van der Waals surface area contributed by atoms with Gasteiger partial charge in [-0.2, -0.15) is 4.31 Å². The van der Waals surface area contributed by atoms with Crippen molar-refractivity contribution in [3.63, 3.8) is 0 Å². The van der Waals surface area contributed by atoms with Crippen LogP contribution in [0, 0.1) is 5.82 Å². The zero-order valence-electron chi connectivity index (χ0n) is 14.0. The molecule has 0 bridgehead atoms. The van der Waals surface area contributed by atoms with Gasteiger partial charge in [0.05, 0.1) is 18.0 Å². The van der Waals surface area contributed by atoms with Gasteiger partial charge in [-0.25, -0.2) is 22.3 Å². The van der Waals surface area contributed by atoms with Gasteiger partial charge in [0.25, 0.3) is 0 Å². The van der Waals surface area contributed by atoms with Crippen LogP contribution in [-0.2, 0) is 16.4 Å². The van der Waals surface area contributed by atoms with Gasteiger partial charge in [-0.15, -0.1) is 5.10 Å². The molecule has 2 aromatic rings. The number of aryl methyl sites for hydroxylation is 1. The van der Waals surface area contributed by atoms with Gasteiger partial charge in [0, 0.05) is 13.1 Å². The van der Waals surface area contributed by atoms with Crippen molar-refractivity contribution >= 4 is 16.0 Å². The lowest BCUT2D eigenvalue weighted by Crippen LogP contribution is -2.42. The number of carboxylic acids is 1. The summed E-state index contributed by atoms with van der Waals surface area (Å²) in [6, 6.07) is 5.53. The Bertz CT molecular complexity index is 882. The zero-order valence-corrected chi connectivity index (χ0v) is 14.8. The first kappa shape index (κ1) is 18.5. The average Bonchev–Trinajstić information content (AvgIpc) is 3.12. The van der Waals surface area contributed by atoms with E-state index in [2.05, 4.69) is 10.3 Å². The minimum absolute atomic E-state index is 0.0664. The fourth-order valence-electron chi connectivity index (χ4n) is 2.97. The van der Waals surface area contributed by atoms with Crippen molar-refractivity contribution in [2.75, 3.05) is 18.8 Å². The first-order valence-corrected chi connectivity index (χ1v) is 9.83. The molecule has 1 N–H and O–H groups in total. The number of benzene rings is 1. The highest BCUT2D eigenvalue weighted by Crippen LogP contribution is 2.23. The van der Waals surface area contributed by atoms with Crippen LogP contribution >= 0.6 is 0 Å². The molecule has 1 unspecified atom stereocenters. The van der Waals surface area contributed by atoms with Gasteiger partial charge in [0.1, 0.15) is 5.82 Å². The Labute approximate surface area is 150 Å². The molecule has 2 heterocycles. The van der Waals surface area contributed by atoms with Crippen LogP contribution in [0.2, 0.25) is 0 Å². The van der Waals surface area contributed by atoms with E-state index in [1.54, 1.807) is 12.1 Å². The van der Waals surface area contributed by atoms with E-state index in [9.17, 15) is 17.6 Å². The Morgan fingerprint density at radius 1 is 1.31 bits per heavy atom. The van der Waals surface area contributed by atoms with Gasteiger partial charge >= 0.3 is 5.97 Å². The quantitative estimate of drug-likeness (QED) is 0.808. The summed E-state index contributed by atoms with van der Waals surface area (Å²) < 4.78 is 41.0. The Kier molecular flexibility index (Phi) is 5.33. The number of sulfonamides is 1. The van der Waals surface area contributed by atoms with E-state index in [4.69, 9.17) is 5.11 Å². The first-order valence-electron chi connectivity index (χ1n) is 8.22. The molecule has 1 aliphatic heterocycles. The summed E-state index contributed by atoms with van der Waals surface area (Å²) in [5.41, 5.74) is 0.590. The third kappa shape index (κ3) is 4.25. The van der Waals surface area contributed by atoms with Crippen molar-refractivity contribution < 1.29 is 22.7 Å². The van der Waals surface area contributed by atoms with Crippen molar-refractivity contribution in [1.29, 1.82) is 0 Å². The van der Waals surface area contributed by atoms with Crippen LogP contribution in [0.5, 0.6) is 0 Å². The Hall–Kier alpha value is -2.33. The minimum atomic E-state index is -3.48. The second-order valence-corrected chi connectivity index (χ2v) is 8.32. The Morgan fingerprint density at radius 3 is 2.69 bits per heavy atom. The number of aromatic carboxylic acids is 1. The van der Waals surface area contributed by atoms with Gasteiger partial charge < -0.3 is 5.11 Å². The maximum absolute atomic E-state index is 12.9. The van der Waals surface area contributed by atoms with E-state index in [1.165, 1.54) is 27.3 Å². The van der Waals surface area contributed by atoms with E-state index in [0.717, 1.165) is 5.56 Å². The van der Waals surface area contributed by atoms with Gasteiger partial charge in [0.2, 0.25) is 10.0 Å². The van der Waals surface area contributed by atoms with Crippen molar-refractivity contribution in [1.82, 2.24) is 19.3 Å². The number of hydrogen-bond donors (Lipinski definition) is 1. The standard InChI is InChI=1S/C16H19FN4O4S/c17-13-5-3-12(4-6-13)7-9-26(24,25)20-8-1-2-14(10-20)21-11-15(16(22)23)18-19-21/h3-6,11,14H,1-2,7-10H2,(H,22,23). The highest BCUT2D eigenvalue weighted by Gasteiger charge is 2.30.